The quantitative estimate of drug-likeness (QED) is 0.603. The smallest absolute Gasteiger partial charge is 0.256 e. The Labute approximate surface area is 142 Å². The molecule has 0 unspecified atom stereocenters. The van der Waals surface area contributed by atoms with Crippen molar-refractivity contribution in [3.63, 3.8) is 0 Å². The largest absolute Gasteiger partial charge is 0.322 e. The Morgan fingerprint density at radius 1 is 1.08 bits per heavy atom. The normalized spacial score (nSPS) is 10.7. The summed E-state index contributed by atoms with van der Waals surface area (Å²) in [5, 5.41) is 7.62. The lowest BCUT2D eigenvalue weighted by Crippen LogP contribution is -2.18. The molecule has 0 spiro atoms. The average molecular weight is 331 g/mol. The molecule has 0 saturated carbocycles. The number of fused-ring (bicyclic) bond motifs is 1. The number of hydrogen-bond acceptors (Lipinski definition) is 4. The van der Waals surface area contributed by atoms with Crippen molar-refractivity contribution in [2.45, 2.75) is 0 Å². The van der Waals surface area contributed by atoms with Gasteiger partial charge >= 0.3 is 0 Å². The molecule has 2 aromatic carbocycles. The molecule has 2 N–H and O–H groups in total. The molecule has 4 rings (SSSR count). The predicted molar refractivity (Wildman–Crippen MR) is 93.9 cm³/mol. The summed E-state index contributed by atoms with van der Waals surface area (Å²) in [5.74, 6) is -0.366. The average Bonchev–Trinajstić information content (AvgIpc) is 3.16. The van der Waals surface area contributed by atoms with Gasteiger partial charge in [-0.05, 0) is 18.2 Å². The second-order valence-electron chi connectivity index (χ2n) is 5.40. The summed E-state index contributed by atoms with van der Waals surface area (Å²) in [6, 6.07) is 15.7. The number of nitrogens with zero attached hydrogens (tertiary/aromatic N) is 3. The number of anilines is 1. The zero-order valence-corrected chi connectivity index (χ0v) is 13.0. The highest BCUT2D eigenvalue weighted by Crippen LogP contribution is 2.21. The number of carbonyl (C=O) groups is 1. The molecule has 2 heterocycles. The standard InChI is InChI=1S/C18H13N5O2/c24-17-9-13(12-5-1-2-6-14(12)21-17)18(25)22-15-7-3-4-8-16(15)23-11-19-10-20-23/h1-11H,(H,21,24)(H,22,25). The van der Waals surface area contributed by atoms with Gasteiger partial charge in [-0.25, -0.2) is 9.67 Å². The molecule has 0 fully saturated rings. The summed E-state index contributed by atoms with van der Waals surface area (Å²) in [6.45, 7) is 0. The van der Waals surface area contributed by atoms with E-state index in [-0.39, 0.29) is 11.5 Å². The summed E-state index contributed by atoms with van der Waals surface area (Å²) in [6.07, 6.45) is 2.97. The summed E-state index contributed by atoms with van der Waals surface area (Å²) in [5.41, 5.74) is 1.86. The number of aromatic nitrogens is 4. The molecule has 4 aromatic rings. The minimum atomic E-state index is -0.366. The van der Waals surface area contributed by atoms with Gasteiger partial charge in [-0.1, -0.05) is 30.3 Å². The van der Waals surface area contributed by atoms with Gasteiger partial charge in [0.15, 0.2) is 0 Å². The van der Waals surface area contributed by atoms with Gasteiger partial charge in [0.1, 0.15) is 12.7 Å². The molecule has 0 aliphatic carbocycles. The number of nitrogens with one attached hydrogen (secondary N) is 2. The summed E-state index contributed by atoms with van der Waals surface area (Å²) in [4.78, 5) is 31.3. The monoisotopic (exact) mass is 331 g/mol. The van der Waals surface area contributed by atoms with Gasteiger partial charge in [-0.3, -0.25) is 9.59 Å². The number of pyridine rings is 1. The zero-order chi connectivity index (χ0) is 17.2. The Kier molecular flexibility index (Phi) is 3.59. The molecule has 0 radical (unpaired) electrons. The number of benzene rings is 2. The minimum Gasteiger partial charge on any atom is -0.322 e. The summed E-state index contributed by atoms with van der Waals surface area (Å²) >= 11 is 0. The lowest BCUT2D eigenvalue weighted by Gasteiger charge is -2.11. The van der Waals surface area contributed by atoms with Gasteiger partial charge in [-0.15, -0.1) is 0 Å². The third-order valence-corrected chi connectivity index (χ3v) is 3.81. The first kappa shape index (κ1) is 14.8. The number of para-hydroxylation sites is 3. The van der Waals surface area contributed by atoms with Gasteiger partial charge < -0.3 is 10.3 Å². The molecule has 0 saturated heterocycles. The van der Waals surface area contributed by atoms with E-state index in [2.05, 4.69) is 20.4 Å². The maximum Gasteiger partial charge on any atom is 0.256 e. The number of aromatic amines is 1. The second kappa shape index (κ2) is 6.04. The van der Waals surface area contributed by atoms with Crippen LogP contribution in [0.5, 0.6) is 0 Å². The van der Waals surface area contributed by atoms with E-state index in [0.29, 0.717) is 27.8 Å². The second-order valence-corrected chi connectivity index (χ2v) is 5.40. The lowest BCUT2D eigenvalue weighted by atomic mass is 10.1. The van der Waals surface area contributed by atoms with Gasteiger partial charge in [0, 0.05) is 17.0 Å². The molecule has 0 atom stereocenters. The minimum absolute atomic E-state index is 0.313. The first-order valence-electron chi connectivity index (χ1n) is 7.60. The molecule has 122 valence electrons. The summed E-state index contributed by atoms with van der Waals surface area (Å²) in [7, 11) is 0. The Morgan fingerprint density at radius 3 is 2.72 bits per heavy atom. The molecular weight excluding hydrogens is 318 g/mol. The van der Waals surface area contributed by atoms with E-state index < -0.39 is 0 Å². The SMILES string of the molecule is O=C(Nc1ccccc1-n1cncn1)c1cc(=O)[nH]c2ccccc12. The fourth-order valence-corrected chi connectivity index (χ4v) is 2.69. The highest BCUT2D eigenvalue weighted by atomic mass is 16.2. The van der Waals surface area contributed by atoms with Gasteiger partial charge in [-0.2, -0.15) is 5.10 Å². The van der Waals surface area contributed by atoms with Crippen LogP contribution in [0.1, 0.15) is 10.4 Å². The van der Waals surface area contributed by atoms with Crippen LogP contribution in [0, 0.1) is 0 Å². The van der Waals surface area contributed by atoms with Crippen molar-refractivity contribution in [1.82, 2.24) is 19.7 Å². The van der Waals surface area contributed by atoms with Crippen LogP contribution in [-0.2, 0) is 0 Å². The molecule has 7 heteroatoms. The number of rotatable bonds is 3. The van der Waals surface area contributed by atoms with E-state index in [9.17, 15) is 9.59 Å². The van der Waals surface area contributed by atoms with Crippen molar-refractivity contribution in [3.8, 4) is 5.69 Å². The van der Waals surface area contributed by atoms with Crippen molar-refractivity contribution in [3.05, 3.63) is 83.2 Å². The first-order valence-corrected chi connectivity index (χ1v) is 7.60. The Hall–Kier alpha value is -3.74. The van der Waals surface area contributed by atoms with E-state index in [4.69, 9.17) is 0 Å². The van der Waals surface area contributed by atoms with Gasteiger partial charge in [0.05, 0.1) is 16.9 Å². The van der Waals surface area contributed by atoms with Crippen molar-refractivity contribution >= 4 is 22.5 Å². The van der Waals surface area contributed by atoms with Gasteiger partial charge in [0.25, 0.3) is 5.91 Å². The lowest BCUT2D eigenvalue weighted by molar-refractivity contribution is 0.102. The Bertz CT molecular complexity index is 1120. The van der Waals surface area contributed by atoms with Crippen LogP contribution in [0.4, 0.5) is 5.69 Å². The van der Waals surface area contributed by atoms with E-state index in [1.807, 2.05) is 24.3 Å². The molecular formula is C18H13N5O2. The number of amides is 1. The highest BCUT2D eigenvalue weighted by molar-refractivity contribution is 6.12. The maximum absolute atomic E-state index is 12.8. The third-order valence-electron chi connectivity index (χ3n) is 3.81. The predicted octanol–water partition coefficient (Wildman–Crippen LogP) is 2.36. The van der Waals surface area contributed by atoms with Crippen LogP contribution in [0.15, 0.2) is 72.0 Å². The highest BCUT2D eigenvalue weighted by Gasteiger charge is 2.14. The van der Waals surface area contributed by atoms with Crippen molar-refractivity contribution < 1.29 is 4.79 Å². The fraction of sp³-hybridized carbons (Fsp3) is 0. The molecule has 2 aromatic heterocycles. The third kappa shape index (κ3) is 2.78. The van der Waals surface area contributed by atoms with E-state index in [1.165, 1.54) is 12.4 Å². The Balaban J connectivity index is 1.76. The number of carbonyl (C=O) groups excluding carboxylic acids is 1. The molecule has 25 heavy (non-hydrogen) atoms. The topological polar surface area (TPSA) is 92.7 Å². The molecule has 0 aliphatic rings. The molecule has 0 aliphatic heterocycles. The van der Waals surface area contributed by atoms with Crippen LogP contribution < -0.4 is 10.9 Å². The van der Waals surface area contributed by atoms with Crippen LogP contribution in [-0.4, -0.2) is 25.7 Å². The van der Waals surface area contributed by atoms with Crippen molar-refractivity contribution in [2.24, 2.45) is 0 Å². The maximum atomic E-state index is 12.8. The van der Waals surface area contributed by atoms with Crippen LogP contribution in [0.2, 0.25) is 0 Å². The molecule has 0 bridgehead atoms. The van der Waals surface area contributed by atoms with Crippen LogP contribution in [0.25, 0.3) is 16.6 Å². The van der Waals surface area contributed by atoms with Crippen molar-refractivity contribution in [2.75, 3.05) is 5.32 Å². The fourth-order valence-electron chi connectivity index (χ4n) is 2.69. The van der Waals surface area contributed by atoms with Crippen molar-refractivity contribution in [1.29, 1.82) is 0 Å². The van der Waals surface area contributed by atoms with E-state index >= 15 is 0 Å². The zero-order valence-electron chi connectivity index (χ0n) is 13.0. The Morgan fingerprint density at radius 2 is 1.88 bits per heavy atom. The molecule has 7 nitrogen and oxygen atoms in total. The van der Waals surface area contributed by atoms with Crippen LogP contribution in [0.3, 0.4) is 0 Å². The summed E-state index contributed by atoms with van der Waals surface area (Å²) < 4.78 is 1.56. The molecule has 1 amide bonds. The van der Waals surface area contributed by atoms with E-state index in [0.717, 1.165) is 0 Å². The number of H-pyrrole nitrogens is 1. The van der Waals surface area contributed by atoms with Gasteiger partial charge in [0.2, 0.25) is 5.56 Å². The van der Waals surface area contributed by atoms with Crippen LogP contribution >= 0.6 is 0 Å². The van der Waals surface area contributed by atoms with E-state index in [1.54, 1.807) is 35.3 Å². The first-order chi connectivity index (χ1) is 12.2. The number of hydrogen-bond donors (Lipinski definition) is 2.